The van der Waals surface area contributed by atoms with Gasteiger partial charge in [0.2, 0.25) is 5.91 Å². The van der Waals surface area contributed by atoms with Gasteiger partial charge in [0, 0.05) is 55.6 Å². The summed E-state index contributed by atoms with van der Waals surface area (Å²) >= 11 is 6.27. The van der Waals surface area contributed by atoms with Crippen molar-refractivity contribution in [3.63, 3.8) is 0 Å². The van der Waals surface area contributed by atoms with Crippen LogP contribution in [-0.2, 0) is 17.8 Å². The van der Waals surface area contributed by atoms with Crippen molar-refractivity contribution in [1.29, 1.82) is 0 Å². The van der Waals surface area contributed by atoms with Gasteiger partial charge >= 0.3 is 6.03 Å². The lowest BCUT2D eigenvalue weighted by atomic mass is 10.1. The molecule has 0 bridgehead atoms. The summed E-state index contributed by atoms with van der Waals surface area (Å²) in [6, 6.07) is 16.8. The van der Waals surface area contributed by atoms with Gasteiger partial charge in [0.25, 0.3) is 0 Å². The minimum absolute atomic E-state index is 0.109. The summed E-state index contributed by atoms with van der Waals surface area (Å²) in [6.07, 6.45) is 4.61. The van der Waals surface area contributed by atoms with Crippen molar-refractivity contribution in [1.82, 2.24) is 14.8 Å². The Morgan fingerprint density at radius 1 is 0.912 bits per heavy atom. The van der Waals surface area contributed by atoms with Crippen molar-refractivity contribution in [2.75, 3.05) is 31.1 Å². The first-order valence-corrected chi connectivity index (χ1v) is 11.7. The number of carbonyl (C=O) groups excluding carboxylic acids is 2. The summed E-state index contributed by atoms with van der Waals surface area (Å²) in [6.45, 7) is 2.38. The predicted molar refractivity (Wildman–Crippen MR) is 130 cm³/mol. The number of carbonyl (C=O) groups is 2. The molecule has 0 saturated carbocycles. The first-order chi connectivity index (χ1) is 16.6. The number of benzene rings is 2. The summed E-state index contributed by atoms with van der Waals surface area (Å²) < 4.78 is 6.11. The number of aromatic nitrogens is 1. The molecule has 5 rings (SSSR count). The maximum Gasteiger partial charge on any atom is 0.325 e. The molecule has 0 N–H and O–H groups in total. The minimum atomic E-state index is -0.118. The molecule has 8 heteroatoms. The molecule has 0 atom stereocenters. The van der Waals surface area contributed by atoms with Crippen molar-refractivity contribution >= 4 is 29.2 Å². The van der Waals surface area contributed by atoms with E-state index in [0.717, 1.165) is 16.9 Å². The third kappa shape index (κ3) is 4.70. The first-order valence-electron chi connectivity index (χ1n) is 11.4. The summed E-state index contributed by atoms with van der Waals surface area (Å²) in [5, 5.41) is 0.538. The molecule has 3 heterocycles. The van der Waals surface area contributed by atoms with E-state index in [1.807, 2.05) is 41.3 Å². The Kier molecular flexibility index (Phi) is 6.36. The fraction of sp³-hybridized carbons (Fsp3) is 0.269. The number of pyridine rings is 1. The number of ether oxygens (including phenoxy) is 1. The normalized spacial score (nSPS) is 15.1. The number of fused-ring (bicyclic) bond motifs is 2. The molecule has 1 fully saturated rings. The number of rotatable bonds is 3. The molecular weight excluding hydrogens is 452 g/mol. The highest BCUT2D eigenvalue weighted by molar-refractivity contribution is 6.31. The third-order valence-corrected chi connectivity index (χ3v) is 6.48. The lowest BCUT2D eigenvalue weighted by molar-refractivity contribution is -0.132. The smallest absolute Gasteiger partial charge is 0.325 e. The zero-order valence-electron chi connectivity index (χ0n) is 18.7. The van der Waals surface area contributed by atoms with Crippen LogP contribution in [0.1, 0.15) is 17.5 Å². The van der Waals surface area contributed by atoms with Crippen LogP contribution in [0.2, 0.25) is 5.02 Å². The zero-order chi connectivity index (χ0) is 23.5. The van der Waals surface area contributed by atoms with Gasteiger partial charge in [-0.2, -0.15) is 0 Å². The summed E-state index contributed by atoms with van der Waals surface area (Å²) in [7, 11) is 0. The molecule has 0 radical (unpaired) electrons. The number of amides is 3. The van der Waals surface area contributed by atoms with E-state index in [2.05, 4.69) is 4.98 Å². The molecule has 2 aliphatic heterocycles. The number of para-hydroxylation sites is 1. The number of piperazine rings is 1. The van der Waals surface area contributed by atoms with Gasteiger partial charge in [-0.1, -0.05) is 29.8 Å². The summed E-state index contributed by atoms with van der Waals surface area (Å²) in [4.78, 5) is 35.7. The Labute approximate surface area is 203 Å². The van der Waals surface area contributed by atoms with Crippen LogP contribution in [0.5, 0.6) is 11.5 Å². The van der Waals surface area contributed by atoms with E-state index in [1.54, 1.807) is 40.4 Å². The molecule has 0 spiro atoms. The van der Waals surface area contributed by atoms with Crippen LogP contribution in [0.3, 0.4) is 0 Å². The van der Waals surface area contributed by atoms with Crippen LogP contribution < -0.4 is 9.64 Å². The molecule has 7 nitrogen and oxygen atoms in total. The number of nitrogens with zero attached hydrogens (tertiary/aromatic N) is 4. The molecule has 0 aliphatic carbocycles. The van der Waals surface area contributed by atoms with Crippen LogP contribution in [0, 0.1) is 0 Å². The number of hydrogen-bond donors (Lipinski definition) is 0. The van der Waals surface area contributed by atoms with E-state index < -0.39 is 0 Å². The minimum Gasteiger partial charge on any atom is -0.455 e. The van der Waals surface area contributed by atoms with Crippen molar-refractivity contribution in [2.24, 2.45) is 0 Å². The largest absolute Gasteiger partial charge is 0.455 e. The highest BCUT2D eigenvalue weighted by atomic mass is 35.5. The highest BCUT2D eigenvalue weighted by Crippen LogP contribution is 2.40. The second kappa shape index (κ2) is 9.73. The Bertz CT molecular complexity index is 1200. The molecule has 3 amide bonds. The average Bonchev–Trinajstić information content (AvgIpc) is 3.04. The van der Waals surface area contributed by atoms with Crippen molar-refractivity contribution < 1.29 is 14.3 Å². The molecule has 1 saturated heterocycles. The highest BCUT2D eigenvalue weighted by Gasteiger charge is 2.31. The van der Waals surface area contributed by atoms with Gasteiger partial charge in [0.05, 0.1) is 12.2 Å². The predicted octanol–water partition coefficient (Wildman–Crippen LogP) is 4.74. The molecule has 0 unspecified atom stereocenters. The van der Waals surface area contributed by atoms with Crippen LogP contribution in [0.25, 0.3) is 0 Å². The quantitative estimate of drug-likeness (QED) is 0.547. The second-order valence-electron chi connectivity index (χ2n) is 8.41. The lowest BCUT2D eigenvalue weighted by Crippen LogP contribution is -2.54. The van der Waals surface area contributed by atoms with Gasteiger partial charge in [0.15, 0.2) is 5.75 Å². The van der Waals surface area contributed by atoms with Gasteiger partial charge in [0.1, 0.15) is 5.75 Å². The fourth-order valence-electron chi connectivity index (χ4n) is 4.34. The van der Waals surface area contributed by atoms with E-state index in [9.17, 15) is 9.59 Å². The van der Waals surface area contributed by atoms with E-state index in [-0.39, 0.29) is 11.9 Å². The summed E-state index contributed by atoms with van der Waals surface area (Å²) in [5.74, 6) is 1.43. The van der Waals surface area contributed by atoms with Crippen LogP contribution >= 0.6 is 11.6 Å². The first kappa shape index (κ1) is 22.2. The lowest BCUT2D eigenvalue weighted by Gasteiger charge is -2.37. The van der Waals surface area contributed by atoms with Crippen molar-refractivity contribution in [2.45, 2.75) is 19.4 Å². The third-order valence-electron chi connectivity index (χ3n) is 6.24. The van der Waals surface area contributed by atoms with Crippen LogP contribution in [0.4, 0.5) is 10.5 Å². The number of anilines is 1. The van der Waals surface area contributed by atoms with Gasteiger partial charge in [-0.3, -0.25) is 14.7 Å². The van der Waals surface area contributed by atoms with Crippen LogP contribution in [0.15, 0.2) is 67.0 Å². The molecule has 1 aromatic heterocycles. The Morgan fingerprint density at radius 3 is 2.44 bits per heavy atom. The Hall–Kier alpha value is -3.58. The van der Waals surface area contributed by atoms with Crippen molar-refractivity contribution in [3.05, 3.63) is 83.1 Å². The van der Waals surface area contributed by atoms with Crippen LogP contribution in [-0.4, -0.2) is 52.9 Å². The number of hydrogen-bond acceptors (Lipinski definition) is 4. The monoisotopic (exact) mass is 476 g/mol. The molecule has 174 valence electrons. The molecule has 2 aromatic carbocycles. The maximum absolute atomic E-state index is 13.6. The van der Waals surface area contributed by atoms with E-state index >= 15 is 0 Å². The summed E-state index contributed by atoms with van der Waals surface area (Å²) in [5.41, 5.74) is 2.66. The van der Waals surface area contributed by atoms with E-state index in [1.165, 1.54) is 0 Å². The SMILES string of the molecule is O=C(CCc1ccncc1)N1CCN(C(=O)N2Cc3ccccc3Oc3ccc(Cl)cc32)CC1. The average molecular weight is 477 g/mol. The number of halogens is 1. The van der Waals surface area contributed by atoms with Crippen molar-refractivity contribution in [3.8, 4) is 11.5 Å². The Balaban J connectivity index is 1.27. The zero-order valence-corrected chi connectivity index (χ0v) is 19.4. The molecule has 3 aromatic rings. The van der Waals surface area contributed by atoms with Gasteiger partial charge in [-0.05, 0) is 48.4 Å². The molecule has 34 heavy (non-hydrogen) atoms. The van der Waals surface area contributed by atoms with Gasteiger partial charge in [-0.15, -0.1) is 0 Å². The van der Waals surface area contributed by atoms with Gasteiger partial charge < -0.3 is 14.5 Å². The topological polar surface area (TPSA) is 66.0 Å². The number of urea groups is 1. The molecule has 2 aliphatic rings. The fourth-order valence-corrected chi connectivity index (χ4v) is 4.51. The van der Waals surface area contributed by atoms with E-state index in [0.29, 0.717) is 62.0 Å². The maximum atomic E-state index is 13.6. The Morgan fingerprint density at radius 2 is 1.65 bits per heavy atom. The number of aryl methyl sites for hydroxylation is 1. The molecular formula is C26H25ClN4O3. The second-order valence-corrected chi connectivity index (χ2v) is 8.85. The van der Waals surface area contributed by atoms with E-state index in [4.69, 9.17) is 16.3 Å². The van der Waals surface area contributed by atoms with Gasteiger partial charge in [-0.25, -0.2) is 4.79 Å². The standard InChI is InChI=1S/C26H25ClN4O3/c27-21-6-7-24-22(17-21)31(18-20-3-1-2-4-23(20)34-24)26(33)30-15-13-29(14-16-30)25(32)8-5-19-9-11-28-12-10-19/h1-4,6-7,9-12,17H,5,8,13-16,18H2.